The number of rotatable bonds is 7. The van der Waals surface area contributed by atoms with Crippen molar-refractivity contribution < 1.29 is 9.76 Å². The summed E-state index contributed by atoms with van der Waals surface area (Å²) in [4.78, 5) is 4.98. The van der Waals surface area contributed by atoms with Crippen molar-refractivity contribution in [2.45, 2.75) is 38.9 Å². The molecule has 33 heavy (non-hydrogen) atoms. The first-order valence-electron chi connectivity index (χ1n) is 11.3. The SMILES string of the molecule is CC(C)(O)C(C)(C)OBc1ccc(-c2cc(-c3ccccc3)cc(-c3ccccc3)n2)cc1. The van der Waals surface area contributed by atoms with Crippen molar-refractivity contribution in [2.75, 3.05) is 0 Å². The van der Waals surface area contributed by atoms with Crippen LogP contribution in [0, 0.1) is 0 Å². The van der Waals surface area contributed by atoms with E-state index in [1.807, 2.05) is 38.1 Å². The summed E-state index contributed by atoms with van der Waals surface area (Å²) in [5, 5.41) is 10.3. The molecule has 0 radical (unpaired) electrons. The summed E-state index contributed by atoms with van der Waals surface area (Å²) in [5.41, 5.74) is 5.80. The summed E-state index contributed by atoms with van der Waals surface area (Å²) in [6.45, 7) is 7.36. The van der Waals surface area contributed by atoms with E-state index in [1.165, 1.54) is 0 Å². The van der Waals surface area contributed by atoms with E-state index in [-0.39, 0.29) is 0 Å². The highest BCUT2D eigenvalue weighted by Crippen LogP contribution is 2.30. The van der Waals surface area contributed by atoms with Gasteiger partial charge in [-0.1, -0.05) is 90.4 Å². The smallest absolute Gasteiger partial charge is 0.309 e. The van der Waals surface area contributed by atoms with Crippen molar-refractivity contribution >= 4 is 12.9 Å². The van der Waals surface area contributed by atoms with Crippen LogP contribution in [0.5, 0.6) is 0 Å². The lowest BCUT2D eigenvalue weighted by Gasteiger charge is -2.37. The molecule has 4 heteroatoms. The molecule has 0 saturated carbocycles. The second-order valence-electron chi connectivity index (χ2n) is 9.41. The Morgan fingerprint density at radius 1 is 0.636 bits per heavy atom. The Balaban J connectivity index is 1.65. The van der Waals surface area contributed by atoms with Gasteiger partial charge in [0.15, 0.2) is 0 Å². The van der Waals surface area contributed by atoms with Gasteiger partial charge in [0, 0.05) is 11.1 Å². The third-order valence-corrected chi connectivity index (χ3v) is 6.32. The van der Waals surface area contributed by atoms with Crippen molar-refractivity contribution in [3.63, 3.8) is 0 Å². The summed E-state index contributed by atoms with van der Waals surface area (Å²) >= 11 is 0. The number of aliphatic hydroxyl groups is 1. The third-order valence-electron chi connectivity index (χ3n) is 6.32. The Labute approximate surface area is 197 Å². The lowest BCUT2D eigenvalue weighted by Crippen LogP contribution is -2.49. The lowest BCUT2D eigenvalue weighted by atomic mass is 9.82. The van der Waals surface area contributed by atoms with Crippen LogP contribution in [0.15, 0.2) is 97.1 Å². The highest BCUT2D eigenvalue weighted by molar-refractivity contribution is 6.47. The molecule has 0 aliphatic carbocycles. The van der Waals surface area contributed by atoms with Crippen molar-refractivity contribution in [1.82, 2.24) is 4.98 Å². The maximum absolute atomic E-state index is 10.3. The summed E-state index contributed by atoms with van der Waals surface area (Å²) in [5.74, 6) is 0. The number of hydrogen-bond acceptors (Lipinski definition) is 3. The number of hydrogen-bond donors (Lipinski definition) is 1. The Bertz CT molecular complexity index is 1140. The zero-order valence-electron chi connectivity index (χ0n) is 19.7. The standard InChI is InChI=1S/C29H30BNO2/c1-28(2,32)29(3,4)33-30-25-17-15-23(16-18-25)27-20-24(21-11-7-5-8-12-21)19-26(31-27)22-13-9-6-10-14-22/h5-20,30,32H,1-4H3. The fourth-order valence-electron chi connectivity index (χ4n) is 3.44. The van der Waals surface area contributed by atoms with Crippen LogP contribution in [0.2, 0.25) is 0 Å². The maximum atomic E-state index is 10.3. The molecular weight excluding hydrogens is 405 g/mol. The lowest BCUT2D eigenvalue weighted by molar-refractivity contribution is -0.0893. The zero-order chi connectivity index (χ0) is 23.5. The third kappa shape index (κ3) is 5.41. The van der Waals surface area contributed by atoms with E-state index in [4.69, 9.17) is 9.64 Å². The van der Waals surface area contributed by atoms with Gasteiger partial charge in [0.05, 0.1) is 22.6 Å². The normalized spacial score (nSPS) is 11.9. The number of nitrogens with zero attached hydrogens (tertiary/aromatic N) is 1. The van der Waals surface area contributed by atoms with Crippen LogP contribution in [0.4, 0.5) is 0 Å². The first-order valence-corrected chi connectivity index (χ1v) is 11.3. The zero-order valence-corrected chi connectivity index (χ0v) is 19.7. The number of benzene rings is 3. The van der Waals surface area contributed by atoms with Gasteiger partial charge in [-0.3, -0.25) is 0 Å². The molecule has 4 aromatic rings. The van der Waals surface area contributed by atoms with E-state index in [9.17, 15) is 5.11 Å². The highest BCUT2D eigenvalue weighted by atomic mass is 16.5. The molecule has 1 aromatic heterocycles. The molecule has 3 aromatic carbocycles. The summed E-state index contributed by atoms with van der Waals surface area (Å²) in [6, 6.07) is 33.3. The van der Waals surface area contributed by atoms with Crippen LogP contribution in [-0.2, 0) is 4.65 Å². The van der Waals surface area contributed by atoms with Crippen LogP contribution < -0.4 is 5.46 Å². The molecule has 0 aliphatic heterocycles. The molecule has 1 heterocycles. The van der Waals surface area contributed by atoms with Gasteiger partial charge in [-0.15, -0.1) is 0 Å². The van der Waals surface area contributed by atoms with E-state index in [0.29, 0.717) is 7.48 Å². The minimum absolute atomic E-state index is 0.435. The second-order valence-corrected chi connectivity index (χ2v) is 9.41. The molecule has 0 fully saturated rings. The molecule has 0 unspecified atom stereocenters. The van der Waals surface area contributed by atoms with Crippen molar-refractivity contribution in [3.05, 3.63) is 97.1 Å². The Kier molecular flexibility index (Phi) is 6.50. The fraction of sp³-hybridized carbons (Fsp3) is 0.207. The predicted octanol–water partition coefficient (Wildman–Crippen LogP) is 5.63. The van der Waals surface area contributed by atoms with Crippen molar-refractivity contribution in [3.8, 4) is 33.6 Å². The van der Waals surface area contributed by atoms with Gasteiger partial charge in [-0.05, 0) is 51.0 Å². The largest absolute Gasteiger partial charge is 0.427 e. The molecule has 0 saturated heterocycles. The predicted molar refractivity (Wildman–Crippen MR) is 139 cm³/mol. The molecule has 166 valence electrons. The molecular formula is C29H30BNO2. The number of pyridine rings is 1. The molecule has 4 rings (SSSR count). The van der Waals surface area contributed by atoms with Crippen molar-refractivity contribution in [2.24, 2.45) is 0 Å². The second kappa shape index (κ2) is 9.34. The van der Waals surface area contributed by atoms with Crippen LogP contribution in [0.1, 0.15) is 27.7 Å². The fourth-order valence-corrected chi connectivity index (χ4v) is 3.44. The molecule has 0 amide bonds. The molecule has 0 atom stereocenters. The van der Waals surface area contributed by atoms with Gasteiger partial charge >= 0.3 is 7.48 Å². The molecule has 0 bridgehead atoms. The monoisotopic (exact) mass is 435 g/mol. The van der Waals surface area contributed by atoms with E-state index < -0.39 is 11.2 Å². The summed E-state index contributed by atoms with van der Waals surface area (Å²) in [7, 11) is 0.435. The van der Waals surface area contributed by atoms with Crippen LogP contribution in [0.3, 0.4) is 0 Å². The van der Waals surface area contributed by atoms with Gasteiger partial charge in [0.2, 0.25) is 0 Å². The maximum Gasteiger partial charge on any atom is 0.309 e. The first-order chi connectivity index (χ1) is 15.7. The molecule has 0 spiro atoms. The number of aromatic nitrogens is 1. The minimum Gasteiger partial charge on any atom is -0.427 e. The van der Waals surface area contributed by atoms with Crippen LogP contribution in [0.25, 0.3) is 33.6 Å². The highest BCUT2D eigenvalue weighted by Gasteiger charge is 2.35. The van der Waals surface area contributed by atoms with Crippen LogP contribution in [-0.4, -0.2) is 28.8 Å². The van der Waals surface area contributed by atoms with Gasteiger partial charge in [0.1, 0.15) is 0 Å². The van der Waals surface area contributed by atoms with E-state index in [1.54, 1.807) is 13.8 Å². The first kappa shape index (κ1) is 23.0. The average Bonchev–Trinajstić information content (AvgIpc) is 2.83. The topological polar surface area (TPSA) is 42.4 Å². The van der Waals surface area contributed by atoms with Gasteiger partial charge in [-0.25, -0.2) is 4.98 Å². The Morgan fingerprint density at radius 2 is 1.12 bits per heavy atom. The van der Waals surface area contributed by atoms with Crippen LogP contribution >= 0.6 is 0 Å². The van der Waals surface area contributed by atoms with E-state index >= 15 is 0 Å². The van der Waals surface area contributed by atoms with Gasteiger partial charge < -0.3 is 9.76 Å². The Morgan fingerprint density at radius 3 is 1.64 bits per heavy atom. The molecule has 1 N–H and O–H groups in total. The van der Waals surface area contributed by atoms with Crippen molar-refractivity contribution in [1.29, 1.82) is 0 Å². The van der Waals surface area contributed by atoms with E-state index in [0.717, 1.165) is 39.1 Å². The summed E-state index contributed by atoms with van der Waals surface area (Å²) < 4.78 is 6.01. The average molecular weight is 435 g/mol. The molecule has 0 aliphatic rings. The quantitative estimate of drug-likeness (QED) is 0.383. The van der Waals surface area contributed by atoms with Gasteiger partial charge in [0.25, 0.3) is 0 Å². The minimum atomic E-state index is -0.928. The Hall–Kier alpha value is -3.21. The summed E-state index contributed by atoms with van der Waals surface area (Å²) in [6.07, 6.45) is 0. The molecule has 3 nitrogen and oxygen atoms in total. The van der Waals surface area contributed by atoms with E-state index in [2.05, 4.69) is 72.8 Å². The van der Waals surface area contributed by atoms with Gasteiger partial charge in [-0.2, -0.15) is 0 Å².